The number of piperidine rings is 1. The van der Waals surface area contributed by atoms with Crippen LogP contribution in [0.4, 0.5) is 11.4 Å². The first-order valence-electron chi connectivity index (χ1n) is 7.00. The molecule has 1 aliphatic heterocycles. The molecule has 0 spiro atoms. The van der Waals surface area contributed by atoms with Gasteiger partial charge in [-0.1, -0.05) is 6.07 Å². The fourth-order valence-corrected chi connectivity index (χ4v) is 2.32. The van der Waals surface area contributed by atoms with Crippen LogP contribution in [-0.2, 0) is 9.59 Å². The number of nitrogens with zero attached hydrogens (tertiary/aromatic N) is 1. The third kappa shape index (κ3) is 3.73. The van der Waals surface area contributed by atoms with Crippen LogP contribution in [0.15, 0.2) is 18.2 Å². The maximum Gasteiger partial charge on any atom is 0.226 e. The summed E-state index contributed by atoms with van der Waals surface area (Å²) in [6, 6.07) is 5.43. The van der Waals surface area contributed by atoms with Crippen molar-refractivity contribution in [1.82, 2.24) is 4.90 Å². The molecule has 0 bridgehead atoms. The van der Waals surface area contributed by atoms with Gasteiger partial charge in [-0.25, -0.2) is 0 Å². The van der Waals surface area contributed by atoms with Gasteiger partial charge in [-0.2, -0.15) is 0 Å². The zero-order chi connectivity index (χ0) is 14.5. The van der Waals surface area contributed by atoms with Crippen LogP contribution < -0.4 is 11.1 Å². The number of anilines is 2. The van der Waals surface area contributed by atoms with Gasteiger partial charge in [0.05, 0.1) is 0 Å². The number of amides is 2. The quantitative estimate of drug-likeness (QED) is 0.824. The van der Waals surface area contributed by atoms with Crippen LogP contribution in [-0.4, -0.2) is 29.8 Å². The second kappa shape index (κ2) is 6.41. The molecule has 0 aromatic heterocycles. The van der Waals surface area contributed by atoms with E-state index in [1.165, 1.54) is 0 Å². The summed E-state index contributed by atoms with van der Waals surface area (Å²) in [5.41, 5.74) is 8.04. The highest BCUT2D eigenvalue weighted by Gasteiger charge is 2.18. The molecule has 1 aromatic carbocycles. The van der Waals surface area contributed by atoms with E-state index in [-0.39, 0.29) is 11.8 Å². The van der Waals surface area contributed by atoms with E-state index in [2.05, 4.69) is 5.32 Å². The Morgan fingerprint density at radius 3 is 2.95 bits per heavy atom. The van der Waals surface area contributed by atoms with E-state index in [1.54, 1.807) is 17.0 Å². The van der Waals surface area contributed by atoms with E-state index in [4.69, 9.17) is 5.73 Å². The van der Waals surface area contributed by atoms with Crippen molar-refractivity contribution in [2.24, 2.45) is 0 Å². The van der Waals surface area contributed by atoms with E-state index < -0.39 is 0 Å². The molecule has 0 aliphatic carbocycles. The Labute approximate surface area is 119 Å². The van der Waals surface area contributed by atoms with Crippen molar-refractivity contribution in [3.63, 3.8) is 0 Å². The summed E-state index contributed by atoms with van der Waals surface area (Å²) in [7, 11) is 0. The molecule has 1 fully saturated rings. The first kappa shape index (κ1) is 14.4. The number of carbonyl (C=O) groups excluding carboxylic acids is 2. The average Bonchev–Trinajstić information content (AvgIpc) is 2.42. The predicted molar refractivity (Wildman–Crippen MR) is 79.3 cm³/mol. The van der Waals surface area contributed by atoms with E-state index in [1.807, 2.05) is 13.0 Å². The molecule has 0 radical (unpaired) electrons. The number of hydrogen-bond donors (Lipinski definition) is 2. The second-order valence-electron chi connectivity index (χ2n) is 5.21. The Morgan fingerprint density at radius 1 is 1.40 bits per heavy atom. The SMILES string of the molecule is Cc1ccc(N)cc1NC(=O)CCN1CCCCC1=O. The van der Waals surface area contributed by atoms with Crippen LogP contribution in [0.5, 0.6) is 0 Å². The fourth-order valence-electron chi connectivity index (χ4n) is 2.32. The van der Waals surface area contributed by atoms with Crippen LogP contribution in [0.3, 0.4) is 0 Å². The molecule has 1 heterocycles. The lowest BCUT2D eigenvalue weighted by Gasteiger charge is -2.26. The molecule has 5 heteroatoms. The minimum atomic E-state index is -0.0860. The van der Waals surface area contributed by atoms with Gasteiger partial charge >= 0.3 is 0 Å². The molecule has 0 atom stereocenters. The Hall–Kier alpha value is -2.04. The van der Waals surface area contributed by atoms with Gasteiger partial charge in [-0.05, 0) is 37.5 Å². The zero-order valence-corrected chi connectivity index (χ0v) is 11.8. The number of benzene rings is 1. The van der Waals surface area contributed by atoms with E-state index >= 15 is 0 Å². The molecule has 0 saturated carbocycles. The van der Waals surface area contributed by atoms with Crippen molar-refractivity contribution in [3.05, 3.63) is 23.8 Å². The van der Waals surface area contributed by atoms with E-state index in [0.717, 1.165) is 30.6 Å². The maximum atomic E-state index is 11.9. The summed E-state index contributed by atoms with van der Waals surface area (Å²) < 4.78 is 0. The first-order valence-corrected chi connectivity index (χ1v) is 7.00. The molecule has 2 amide bonds. The van der Waals surface area contributed by atoms with Crippen molar-refractivity contribution < 1.29 is 9.59 Å². The number of aryl methyl sites for hydroxylation is 1. The van der Waals surface area contributed by atoms with Gasteiger partial charge in [0.2, 0.25) is 11.8 Å². The van der Waals surface area contributed by atoms with Gasteiger partial charge in [0.1, 0.15) is 0 Å². The topological polar surface area (TPSA) is 75.4 Å². The number of nitrogen functional groups attached to an aromatic ring is 1. The lowest BCUT2D eigenvalue weighted by Crippen LogP contribution is -2.37. The third-order valence-electron chi connectivity index (χ3n) is 3.57. The van der Waals surface area contributed by atoms with Gasteiger partial charge in [-0.15, -0.1) is 0 Å². The Morgan fingerprint density at radius 2 is 2.20 bits per heavy atom. The molecule has 20 heavy (non-hydrogen) atoms. The smallest absolute Gasteiger partial charge is 0.226 e. The lowest BCUT2D eigenvalue weighted by atomic mass is 10.1. The van der Waals surface area contributed by atoms with Gasteiger partial charge in [0.15, 0.2) is 0 Å². The van der Waals surface area contributed by atoms with E-state index in [9.17, 15) is 9.59 Å². The summed E-state index contributed by atoms with van der Waals surface area (Å²) in [4.78, 5) is 25.4. The molecular formula is C15H21N3O2. The maximum absolute atomic E-state index is 11.9. The fraction of sp³-hybridized carbons (Fsp3) is 0.467. The van der Waals surface area contributed by atoms with Crippen LogP contribution in [0.2, 0.25) is 0 Å². The van der Waals surface area contributed by atoms with Gasteiger partial charge in [0, 0.05) is 37.3 Å². The standard InChI is InChI=1S/C15H21N3O2/c1-11-5-6-12(16)10-13(11)17-14(19)7-9-18-8-3-2-4-15(18)20/h5-6,10H,2-4,7-9,16H2,1H3,(H,17,19). The van der Waals surface area contributed by atoms with Crippen LogP contribution in [0, 0.1) is 6.92 Å². The minimum Gasteiger partial charge on any atom is -0.399 e. The van der Waals surface area contributed by atoms with Crippen LogP contribution >= 0.6 is 0 Å². The number of rotatable bonds is 4. The summed E-state index contributed by atoms with van der Waals surface area (Å²) in [5.74, 6) is 0.0706. The molecule has 3 N–H and O–H groups in total. The van der Waals surface area contributed by atoms with Gasteiger partial charge in [0.25, 0.3) is 0 Å². The number of nitrogens with one attached hydrogen (secondary N) is 1. The van der Waals surface area contributed by atoms with Gasteiger partial charge < -0.3 is 16.0 Å². The monoisotopic (exact) mass is 275 g/mol. The molecule has 1 saturated heterocycles. The number of likely N-dealkylation sites (tertiary alicyclic amines) is 1. The van der Waals surface area contributed by atoms with Crippen molar-refractivity contribution >= 4 is 23.2 Å². The molecule has 108 valence electrons. The number of hydrogen-bond acceptors (Lipinski definition) is 3. The summed E-state index contributed by atoms with van der Waals surface area (Å²) in [6.45, 7) is 3.18. The summed E-state index contributed by atoms with van der Waals surface area (Å²) >= 11 is 0. The van der Waals surface area contributed by atoms with Crippen LogP contribution in [0.25, 0.3) is 0 Å². The Balaban J connectivity index is 1.86. The van der Waals surface area contributed by atoms with Crippen molar-refractivity contribution in [2.75, 3.05) is 24.1 Å². The second-order valence-corrected chi connectivity index (χ2v) is 5.21. The highest BCUT2D eigenvalue weighted by Crippen LogP contribution is 2.18. The number of carbonyl (C=O) groups is 2. The Bertz CT molecular complexity index is 514. The number of nitrogens with two attached hydrogens (primary N) is 1. The highest BCUT2D eigenvalue weighted by atomic mass is 16.2. The molecule has 5 nitrogen and oxygen atoms in total. The third-order valence-corrected chi connectivity index (χ3v) is 3.57. The first-order chi connectivity index (χ1) is 9.56. The van der Waals surface area contributed by atoms with Crippen molar-refractivity contribution in [1.29, 1.82) is 0 Å². The highest BCUT2D eigenvalue weighted by molar-refractivity contribution is 5.92. The summed E-state index contributed by atoms with van der Waals surface area (Å²) in [6.07, 6.45) is 2.92. The molecular weight excluding hydrogens is 254 g/mol. The summed E-state index contributed by atoms with van der Waals surface area (Å²) in [5, 5.41) is 2.85. The normalized spacial score (nSPS) is 15.2. The van der Waals surface area contributed by atoms with E-state index in [0.29, 0.717) is 25.1 Å². The molecule has 1 aromatic rings. The van der Waals surface area contributed by atoms with Gasteiger partial charge in [-0.3, -0.25) is 9.59 Å². The average molecular weight is 275 g/mol. The predicted octanol–water partition coefficient (Wildman–Crippen LogP) is 1.92. The largest absolute Gasteiger partial charge is 0.399 e. The molecule has 0 unspecified atom stereocenters. The molecule has 1 aliphatic rings. The Kier molecular flexibility index (Phi) is 4.61. The van der Waals surface area contributed by atoms with Crippen LogP contribution in [0.1, 0.15) is 31.2 Å². The van der Waals surface area contributed by atoms with Crippen molar-refractivity contribution in [3.8, 4) is 0 Å². The lowest BCUT2D eigenvalue weighted by molar-refractivity contribution is -0.133. The zero-order valence-electron chi connectivity index (χ0n) is 11.8. The van der Waals surface area contributed by atoms with Crippen molar-refractivity contribution in [2.45, 2.75) is 32.6 Å². The molecule has 2 rings (SSSR count). The minimum absolute atomic E-state index is 0.0860.